The molecule has 12 unspecified atom stereocenters. The van der Waals surface area contributed by atoms with Gasteiger partial charge in [0.05, 0.1) is 62.5 Å². The maximum Gasteiger partial charge on any atom is 0.326 e. The number of likely N-dealkylation sites (tertiary alicyclic amines) is 3. The molecule has 0 spiro atoms. The summed E-state index contributed by atoms with van der Waals surface area (Å²) >= 11 is 0. The van der Waals surface area contributed by atoms with E-state index in [1.54, 1.807) is 39.4 Å². The molecule has 15 heterocycles. The molecule has 9 saturated heterocycles. The Labute approximate surface area is 701 Å². The van der Waals surface area contributed by atoms with Crippen molar-refractivity contribution in [3.8, 4) is 0 Å². The molecule has 18 rings (SSSR count). The van der Waals surface area contributed by atoms with Gasteiger partial charge in [-0.15, -0.1) is 0 Å². The SMILES string of the molecule is CCNC(=O)Nc1ncnc2c1ncn2C1OC(CC(=O)N2CCCC[C@@H]2C(=O)O)C2O[C@H](c3ccccc3)OC21.CCNC(=O)Nc1ncnc2c1ncn2C1OC(CC(=O)N2CCCC[C@H]2C(=O)O)C2O[C@H](c3ccccc3)OC21.CCNC(=O)Nc1ncnc2c1ncn2C1OC(CC(=O)N2CCC[C@H](C(=O)O)C2)C2O[C@H](c3ccccc3)OC21. The average Bonchev–Trinajstić information content (AvgIpc) is 1.60. The fourth-order valence-electron chi connectivity index (χ4n) is 17.1. The Balaban J connectivity index is 0.000000137. The monoisotopic (exact) mass is 1700 g/mol. The number of amides is 9. The summed E-state index contributed by atoms with van der Waals surface area (Å²) in [5.41, 5.74) is 4.76. The van der Waals surface area contributed by atoms with Crippen molar-refractivity contribution >= 4 is 105 Å². The zero-order valence-electron chi connectivity index (χ0n) is 67.1. The molecule has 3 aromatic carbocycles. The number of carboxylic acid groups (broad SMARTS) is 3. The highest BCUT2D eigenvalue weighted by Gasteiger charge is 2.58. The Morgan fingerprint density at radius 1 is 0.374 bits per heavy atom. The first kappa shape index (κ1) is 84.2. The Morgan fingerprint density at radius 3 is 1.03 bits per heavy atom. The number of fused-ring (bicyclic) bond motifs is 6. The number of imidazole rings is 3. The van der Waals surface area contributed by atoms with Gasteiger partial charge in [-0.25, -0.2) is 68.8 Å². The van der Waals surface area contributed by atoms with Crippen LogP contribution in [0.2, 0.25) is 0 Å². The number of carbonyl (C=O) groups excluding carboxylic acids is 6. The van der Waals surface area contributed by atoms with Gasteiger partial charge in [0.15, 0.2) is 88.5 Å². The molecule has 0 aliphatic carbocycles. The lowest BCUT2D eigenvalue weighted by Gasteiger charge is -2.34. The summed E-state index contributed by atoms with van der Waals surface area (Å²) in [5.74, 6) is -3.59. The molecule has 18 atom stereocenters. The highest BCUT2D eigenvalue weighted by molar-refractivity contribution is 5.98. The molecule has 123 heavy (non-hydrogen) atoms. The zero-order chi connectivity index (χ0) is 85.5. The predicted octanol–water partition coefficient (Wildman–Crippen LogP) is 6.47. The fourth-order valence-corrected chi connectivity index (χ4v) is 17.1. The number of piperidine rings is 3. The fraction of sp³-hybridized carbons (Fsp3) is 0.481. The highest BCUT2D eigenvalue weighted by atomic mass is 16.8. The summed E-state index contributed by atoms with van der Waals surface area (Å²) < 4.78 is 62.3. The maximum atomic E-state index is 13.4. The second-order valence-corrected chi connectivity index (χ2v) is 30.6. The van der Waals surface area contributed by atoms with Crippen molar-refractivity contribution in [3.63, 3.8) is 0 Å². The number of nitrogens with zero attached hydrogens (tertiary/aromatic N) is 15. The molecular weight excluding hydrogens is 1600 g/mol. The molecule has 42 heteroatoms. The molecule has 6 aromatic heterocycles. The van der Waals surface area contributed by atoms with Crippen molar-refractivity contribution in [2.75, 3.05) is 61.8 Å². The number of carboxylic acids is 3. The van der Waals surface area contributed by atoms with Gasteiger partial charge in [-0.2, -0.15) is 0 Å². The van der Waals surface area contributed by atoms with Gasteiger partial charge in [0, 0.05) is 62.5 Å². The van der Waals surface area contributed by atoms with Crippen LogP contribution in [-0.4, -0.2) is 255 Å². The van der Waals surface area contributed by atoms with E-state index in [1.807, 2.05) is 91.0 Å². The van der Waals surface area contributed by atoms with Crippen LogP contribution in [0.15, 0.2) is 129 Å². The van der Waals surface area contributed by atoms with Crippen LogP contribution in [0.3, 0.4) is 0 Å². The topological polar surface area (TPSA) is 510 Å². The summed E-state index contributed by atoms with van der Waals surface area (Å²) in [6.07, 6.45) is 3.39. The molecule has 9 fully saturated rings. The molecule has 9 aliphatic rings. The van der Waals surface area contributed by atoms with E-state index in [-0.39, 0.29) is 61.0 Å². The van der Waals surface area contributed by atoms with E-state index in [0.29, 0.717) is 98.4 Å². The number of aliphatic carboxylic acids is 3. The largest absolute Gasteiger partial charge is 0.481 e. The van der Waals surface area contributed by atoms with Gasteiger partial charge < -0.3 is 88.6 Å². The highest BCUT2D eigenvalue weighted by Crippen LogP contribution is 2.50. The Morgan fingerprint density at radius 2 is 0.707 bits per heavy atom. The van der Waals surface area contributed by atoms with Crippen LogP contribution in [0.25, 0.3) is 33.5 Å². The van der Waals surface area contributed by atoms with Crippen molar-refractivity contribution in [2.45, 2.75) is 196 Å². The molecule has 0 bridgehead atoms. The van der Waals surface area contributed by atoms with Gasteiger partial charge in [0.25, 0.3) is 0 Å². The van der Waals surface area contributed by atoms with E-state index in [4.69, 9.17) is 42.6 Å². The first-order valence-corrected chi connectivity index (χ1v) is 41.1. The van der Waals surface area contributed by atoms with Gasteiger partial charge in [-0.1, -0.05) is 91.0 Å². The second kappa shape index (κ2) is 37.5. The lowest BCUT2D eigenvalue weighted by molar-refractivity contribution is -0.161. The van der Waals surface area contributed by atoms with E-state index in [2.05, 4.69) is 76.8 Å². The Hall–Kier alpha value is -12.4. The molecule has 42 nitrogen and oxygen atoms in total. The molecule has 9 aromatic rings. The van der Waals surface area contributed by atoms with Crippen molar-refractivity contribution < 1.29 is 101 Å². The summed E-state index contributed by atoms with van der Waals surface area (Å²) in [6, 6.07) is 25.4. The standard InChI is InChI=1S/3C27H31N7O7/c2*1-2-28-27(38)32-22-19-23(30-13-29-22)34(14-31-19)24-21-20(40-26(41-21)15-8-4-3-5-9-15)17(39-24)12-18(35)33-11-7-6-10-16(33)25(36)37;1-2-28-27(38)32-22-19-23(30-13-29-22)34(14-31-19)24-21-20(40-26(41-21)15-7-4-3-5-8-15)17(39-24)11-18(35)33-10-6-9-16(12-33)25(36)37/h2*3-5,8-9,13-14,16-17,20-21,24,26H,2,6-7,10-12H2,1H3,(H,36,37)(H2,28,29,30,32,38);3-5,7-8,13-14,16-17,20-21,24,26H,2,6,9-12H2,1H3,(H,36,37)(H2,28,29,30,32,38)/t16-,17?,20?,21?,24?,26+;2*16-,17?,20?,21?,24?,26-/m100/s1. The third-order valence-corrected chi connectivity index (χ3v) is 22.8. The molecular formula is C81H93N21O21. The number of nitrogens with one attached hydrogen (secondary N) is 6. The van der Waals surface area contributed by atoms with E-state index >= 15 is 0 Å². The number of benzene rings is 3. The van der Waals surface area contributed by atoms with Crippen molar-refractivity contribution in [1.82, 2.24) is 89.2 Å². The summed E-state index contributed by atoms with van der Waals surface area (Å²) in [7, 11) is 0. The normalized spacial score (nSPS) is 27.5. The van der Waals surface area contributed by atoms with Gasteiger partial charge in [0.1, 0.15) is 67.7 Å². The molecule has 0 saturated carbocycles. The third kappa shape index (κ3) is 18.0. The summed E-state index contributed by atoms with van der Waals surface area (Å²) in [6.45, 7) is 8.19. The second-order valence-electron chi connectivity index (χ2n) is 30.6. The summed E-state index contributed by atoms with van der Waals surface area (Å²) in [4.78, 5) is 155. The van der Waals surface area contributed by atoms with E-state index < -0.39 is 146 Å². The molecule has 648 valence electrons. The van der Waals surface area contributed by atoms with E-state index in [1.165, 1.54) is 47.8 Å². The molecule has 9 aliphatic heterocycles. The maximum absolute atomic E-state index is 13.4. The predicted molar refractivity (Wildman–Crippen MR) is 427 cm³/mol. The number of carbonyl (C=O) groups is 9. The van der Waals surface area contributed by atoms with Gasteiger partial charge in [-0.05, 0) is 72.1 Å². The lowest BCUT2D eigenvalue weighted by Crippen LogP contribution is -2.49. The first-order chi connectivity index (χ1) is 59.8. The number of aromatic nitrogens is 12. The molecule has 0 radical (unpaired) electrons. The van der Waals surface area contributed by atoms with E-state index in [0.717, 1.165) is 42.4 Å². The number of anilines is 3. The summed E-state index contributed by atoms with van der Waals surface area (Å²) in [5, 5.41) is 44.8. The molecule has 9 amide bonds. The first-order valence-electron chi connectivity index (χ1n) is 41.1. The minimum absolute atomic E-state index is 0.000480. The van der Waals surface area contributed by atoms with Crippen LogP contribution in [0, 0.1) is 5.92 Å². The van der Waals surface area contributed by atoms with Gasteiger partial charge in [0.2, 0.25) is 17.7 Å². The van der Waals surface area contributed by atoms with Crippen LogP contribution in [0.4, 0.5) is 31.8 Å². The van der Waals surface area contributed by atoms with Crippen molar-refractivity contribution in [3.05, 3.63) is 146 Å². The van der Waals surface area contributed by atoms with Gasteiger partial charge >= 0.3 is 36.0 Å². The Kier molecular flexibility index (Phi) is 25.7. The third-order valence-electron chi connectivity index (χ3n) is 22.8. The van der Waals surface area contributed by atoms with Crippen LogP contribution >= 0.6 is 0 Å². The van der Waals surface area contributed by atoms with Crippen LogP contribution < -0.4 is 31.9 Å². The smallest absolute Gasteiger partial charge is 0.326 e. The average molecular weight is 1700 g/mol. The Bertz CT molecular complexity index is 5110. The van der Waals surface area contributed by atoms with Gasteiger partial charge in [-0.3, -0.25) is 48.8 Å². The quantitative estimate of drug-likeness (QED) is 0.0372. The van der Waals surface area contributed by atoms with Crippen LogP contribution in [0.1, 0.15) is 146 Å². The number of urea groups is 3. The number of hydrogen-bond donors (Lipinski definition) is 9. The zero-order valence-corrected chi connectivity index (χ0v) is 67.1. The number of ether oxygens (including phenoxy) is 9. The van der Waals surface area contributed by atoms with Crippen molar-refractivity contribution in [1.29, 1.82) is 0 Å². The van der Waals surface area contributed by atoms with E-state index in [9.17, 15) is 58.5 Å². The van der Waals surface area contributed by atoms with Crippen molar-refractivity contribution in [2.24, 2.45) is 5.92 Å². The van der Waals surface area contributed by atoms with Crippen LogP contribution in [-0.2, 0) is 71.4 Å². The lowest BCUT2D eigenvalue weighted by atomic mass is 9.97. The molecule has 9 N–H and O–H groups in total. The number of hydrogen-bond acceptors (Lipinski definition) is 27. The van der Waals surface area contributed by atoms with Crippen LogP contribution in [0.5, 0.6) is 0 Å². The minimum atomic E-state index is -1.01. The minimum Gasteiger partial charge on any atom is -0.481 e. The number of rotatable bonds is 21.